The Morgan fingerprint density at radius 3 is 2.41 bits per heavy atom. The van der Waals surface area contributed by atoms with Crippen molar-refractivity contribution in [1.82, 2.24) is 0 Å². The number of hydrogen-bond acceptors (Lipinski definition) is 3. The number of benzene rings is 2. The summed E-state index contributed by atoms with van der Waals surface area (Å²) in [7, 11) is 1.57. The Kier molecular flexibility index (Phi) is 5.94. The normalized spacial score (nSPS) is 13.8. The monoisotopic (exact) mass is 374 g/mol. The molecule has 0 aliphatic carbocycles. The van der Waals surface area contributed by atoms with Gasteiger partial charge in [-0.1, -0.05) is 18.2 Å². The summed E-state index contributed by atoms with van der Waals surface area (Å²) in [6.07, 6.45) is 2.54. The molecule has 1 aliphatic heterocycles. The molecular formula is C21H24F2N2O2. The van der Waals surface area contributed by atoms with Crippen LogP contribution in [0.4, 0.5) is 20.2 Å². The van der Waals surface area contributed by atoms with E-state index >= 15 is 0 Å². The molecule has 1 aliphatic rings. The lowest BCUT2D eigenvalue weighted by Gasteiger charge is -2.23. The fourth-order valence-corrected chi connectivity index (χ4v) is 3.62. The predicted octanol–water partition coefficient (Wildman–Crippen LogP) is 4.53. The minimum Gasteiger partial charge on any atom is -0.481 e. The first-order valence-electron chi connectivity index (χ1n) is 9.23. The summed E-state index contributed by atoms with van der Waals surface area (Å²) in [5.74, 6) is -2.20. The third kappa shape index (κ3) is 4.38. The molecule has 0 aromatic heterocycles. The molecule has 0 amide bonds. The summed E-state index contributed by atoms with van der Waals surface area (Å²) >= 11 is 0. The zero-order valence-corrected chi connectivity index (χ0v) is 15.4. The van der Waals surface area contributed by atoms with Crippen molar-refractivity contribution in [1.29, 1.82) is 0 Å². The molecule has 2 aromatic carbocycles. The smallest absolute Gasteiger partial charge is 0.303 e. The van der Waals surface area contributed by atoms with Gasteiger partial charge in [0.1, 0.15) is 17.3 Å². The third-order valence-corrected chi connectivity index (χ3v) is 4.94. The Bertz CT molecular complexity index is 797. The molecule has 4 nitrogen and oxygen atoms in total. The molecule has 144 valence electrons. The highest BCUT2D eigenvalue weighted by atomic mass is 19.1. The van der Waals surface area contributed by atoms with E-state index < -0.39 is 17.6 Å². The minimum absolute atomic E-state index is 0.0329. The number of para-hydroxylation sites is 1. The third-order valence-electron chi connectivity index (χ3n) is 4.94. The zero-order chi connectivity index (χ0) is 19.4. The molecule has 0 bridgehead atoms. The summed E-state index contributed by atoms with van der Waals surface area (Å²) in [4.78, 5) is 14.3. The number of carboxylic acids is 1. The average Bonchev–Trinajstić information content (AvgIpc) is 3.15. The fraction of sp³-hybridized carbons (Fsp3) is 0.381. The van der Waals surface area contributed by atoms with Crippen LogP contribution < -0.4 is 9.80 Å². The molecule has 2 aromatic rings. The number of nitrogens with zero attached hydrogens (tertiary/aromatic N) is 2. The van der Waals surface area contributed by atoms with Crippen molar-refractivity contribution >= 4 is 17.3 Å². The summed E-state index contributed by atoms with van der Waals surface area (Å²) in [5, 5.41) is 8.71. The van der Waals surface area contributed by atoms with E-state index in [-0.39, 0.29) is 18.7 Å². The highest BCUT2D eigenvalue weighted by molar-refractivity contribution is 5.80. The number of rotatable bonds is 7. The first-order valence-corrected chi connectivity index (χ1v) is 9.23. The van der Waals surface area contributed by atoms with Gasteiger partial charge in [0.05, 0.1) is 0 Å². The van der Waals surface area contributed by atoms with E-state index in [0.717, 1.165) is 37.2 Å². The maximum atomic E-state index is 14.7. The Morgan fingerprint density at radius 1 is 1.15 bits per heavy atom. The van der Waals surface area contributed by atoms with Crippen LogP contribution in [0.3, 0.4) is 0 Å². The molecule has 0 radical (unpaired) electrons. The SMILES string of the molecule is CN(CCCC(=O)O)c1c(F)cc(-c2ccccc2N2CCCC2)cc1F. The number of carbonyl (C=O) groups is 1. The Labute approximate surface area is 158 Å². The van der Waals surface area contributed by atoms with Crippen LogP contribution in [0, 0.1) is 11.6 Å². The highest BCUT2D eigenvalue weighted by Crippen LogP contribution is 2.36. The van der Waals surface area contributed by atoms with Gasteiger partial charge in [0, 0.05) is 44.4 Å². The van der Waals surface area contributed by atoms with Crippen molar-refractivity contribution in [2.75, 3.05) is 36.5 Å². The molecule has 3 rings (SSSR count). The highest BCUT2D eigenvalue weighted by Gasteiger charge is 2.20. The van der Waals surface area contributed by atoms with Crippen LogP contribution in [0.15, 0.2) is 36.4 Å². The van der Waals surface area contributed by atoms with E-state index in [4.69, 9.17) is 5.11 Å². The Hall–Kier alpha value is -2.63. The van der Waals surface area contributed by atoms with Gasteiger partial charge in [0.25, 0.3) is 0 Å². The summed E-state index contributed by atoms with van der Waals surface area (Å²) in [5.41, 5.74) is 2.20. The number of anilines is 2. The molecule has 1 saturated heterocycles. The van der Waals surface area contributed by atoms with Crippen molar-refractivity contribution in [3.05, 3.63) is 48.0 Å². The van der Waals surface area contributed by atoms with Crippen LogP contribution in [0.25, 0.3) is 11.1 Å². The van der Waals surface area contributed by atoms with Gasteiger partial charge in [0.2, 0.25) is 0 Å². The zero-order valence-electron chi connectivity index (χ0n) is 15.4. The number of aliphatic carboxylic acids is 1. The van der Waals surface area contributed by atoms with Crippen LogP contribution in [0.2, 0.25) is 0 Å². The van der Waals surface area contributed by atoms with Crippen molar-refractivity contribution in [3.8, 4) is 11.1 Å². The lowest BCUT2D eigenvalue weighted by atomic mass is 10.0. The quantitative estimate of drug-likeness (QED) is 0.773. The van der Waals surface area contributed by atoms with Gasteiger partial charge >= 0.3 is 5.97 Å². The lowest BCUT2D eigenvalue weighted by Crippen LogP contribution is -2.22. The maximum Gasteiger partial charge on any atom is 0.303 e. The van der Waals surface area contributed by atoms with Crippen molar-refractivity contribution in [3.63, 3.8) is 0 Å². The van der Waals surface area contributed by atoms with Gasteiger partial charge in [-0.2, -0.15) is 0 Å². The van der Waals surface area contributed by atoms with Crippen molar-refractivity contribution < 1.29 is 18.7 Å². The molecule has 1 N–H and O–H groups in total. The largest absolute Gasteiger partial charge is 0.481 e. The van der Waals surface area contributed by atoms with Crippen molar-refractivity contribution in [2.45, 2.75) is 25.7 Å². The molecule has 0 spiro atoms. The summed E-state index contributed by atoms with van der Waals surface area (Å²) in [6.45, 7) is 2.17. The topological polar surface area (TPSA) is 43.8 Å². The molecule has 6 heteroatoms. The number of hydrogen-bond donors (Lipinski definition) is 1. The van der Waals surface area contributed by atoms with Crippen LogP contribution in [-0.4, -0.2) is 37.8 Å². The number of carboxylic acid groups (broad SMARTS) is 1. The van der Waals surface area contributed by atoms with Gasteiger partial charge in [-0.05, 0) is 43.0 Å². The van der Waals surface area contributed by atoms with E-state index in [1.807, 2.05) is 24.3 Å². The molecule has 27 heavy (non-hydrogen) atoms. The van der Waals surface area contributed by atoms with Crippen LogP contribution >= 0.6 is 0 Å². The van der Waals surface area contributed by atoms with Gasteiger partial charge in [-0.3, -0.25) is 4.79 Å². The molecular weight excluding hydrogens is 350 g/mol. The molecule has 0 atom stereocenters. The predicted molar refractivity (Wildman–Crippen MR) is 103 cm³/mol. The van der Waals surface area contributed by atoms with E-state index in [9.17, 15) is 13.6 Å². The maximum absolute atomic E-state index is 14.7. The van der Waals surface area contributed by atoms with Gasteiger partial charge in [-0.15, -0.1) is 0 Å². The molecule has 1 heterocycles. The average molecular weight is 374 g/mol. The first kappa shape index (κ1) is 19.1. The van der Waals surface area contributed by atoms with Crippen LogP contribution in [-0.2, 0) is 4.79 Å². The summed E-state index contributed by atoms with van der Waals surface area (Å²) < 4.78 is 29.5. The van der Waals surface area contributed by atoms with Gasteiger partial charge in [0.15, 0.2) is 0 Å². The Balaban J connectivity index is 1.88. The van der Waals surface area contributed by atoms with E-state index in [2.05, 4.69) is 4.90 Å². The number of halogens is 2. The second-order valence-electron chi connectivity index (χ2n) is 6.92. The van der Waals surface area contributed by atoms with Crippen LogP contribution in [0.1, 0.15) is 25.7 Å². The second-order valence-corrected chi connectivity index (χ2v) is 6.92. The molecule has 0 saturated carbocycles. The van der Waals surface area contributed by atoms with Crippen molar-refractivity contribution in [2.24, 2.45) is 0 Å². The summed E-state index contributed by atoms with van der Waals surface area (Å²) in [6, 6.07) is 10.4. The second kappa shape index (κ2) is 8.37. The molecule has 1 fully saturated rings. The fourth-order valence-electron chi connectivity index (χ4n) is 3.62. The van der Waals surface area contributed by atoms with Gasteiger partial charge in [-0.25, -0.2) is 8.78 Å². The lowest BCUT2D eigenvalue weighted by molar-refractivity contribution is -0.137. The van der Waals surface area contributed by atoms with E-state index in [1.165, 1.54) is 17.0 Å². The Morgan fingerprint density at radius 2 is 1.78 bits per heavy atom. The first-order chi connectivity index (χ1) is 13.0. The van der Waals surface area contributed by atoms with Gasteiger partial charge < -0.3 is 14.9 Å². The van der Waals surface area contributed by atoms with E-state index in [0.29, 0.717) is 12.0 Å². The van der Waals surface area contributed by atoms with Crippen LogP contribution in [0.5, 0.6) is 0 Å². The molecule has 0 unspecified atom stereocenters. The standard InChI is InChI=1S/C21H24F2N2O2/c1-24(10-6-9-20(26)27)21-17(22)13-15(14-18(21)23)16-7-2-3-8-19(16)25-11-4-5-12-25/h2-3,7-8,13-14H,4-6,9-12H2,1H3,(H,26,27). The van der Waals surface area contributed by atoms with E-state index in [1.54, 1.807) is 7.05 Å². The minimum atomic E-state index is -0.918.